The second kappa shape index (κ2) is 9.37. The fourth-order valence-electron chi connectivity index (χ4n) is 4.56. The summed E-state index contributed by atoms with van der Waals surface area (Å²) in [5, 5.41) is 9.03. The number of hydrogen-bond acceptors (Lipinski definition) is 5. The summed E-state index contributed by atoms with van der Waals surface area (Å²) in [6.45, 7) is 0.726. The van der Waals surface area contributed by atoms with Crippen LogP contribution in [0.3, 0.4) is 0 Å². The molecule has 2 aromatic heterocycles. The number of benzene rings is 1. The predicted octanol–water partition coefficient (Wildman–Crippen LogP) is 3.62. The summed E-state index contributed by atoms with van der Waals surface area (Å²) in [6, 6.07) is 9.69. The van der Waals surface area contributed by atoms with Crippen LogP contribution in [0.15, 0.2) is 36.5 Å². The highest BCUT2D eigenvalue weighted by molar-refractivity contribution is 5.79. The maximum absolute atomic E-state index is 12.4. The highest BCUT2D eigenvalue weighted by Crippen LogP contribution is 2.37. The minimum absolute atomic E-state index is 0.0381. The number of fused-ring (bicyclic) bond motifs is 1. The quantitative estimate of drug-likeness (QED) is 0.629. The van der Waals surface area contributed by atoms with Crippen LogP contribution < -0.4 is 14.8 Å². The summed E-state index contributed by atoms with van der Waals surface area (Å²) in [6.07, 6.45) is 6.53. The van der Waals surface area contributed by atoms with E-state index in [1.165, 1.54) is 5.69 Å². The fraction of sp³-hybridized carbons (Fsp3) is 0.458. The number of carbonyl (C=O) groups is 1. The molecule has 1 aliphatic carbocycles. The molecular weight excluding hydrogens is 392 g/mol. The van der Waals surface area contributed by atoms with Crippen LogP contribution in [-0.2, 0) is 18.3 Å². The van der Waals surface area contributed by atoms with Crippen LogP contribution in [0.1, 0.15) is 42.9 Å². The molecule has 1 saturated carbocycles. The Morgan fingerprint density at radius 2 is 1.90 bits per heavy atom. The number of aromatic nitrogens is 3. The van der Waals surface area contributed by atoms with Crippen LogP contribution >= 0.6 is 0 Å². The first-order valence-corrected chi connectivity index (χ1v) is 10.8. The Balaban J connectivity index is 1.28. The van der Waals surface area contributed by atoms with Crippen molar-refractivity contribution in [2.75, 3.05) is 20.8 Å². The third kappa shape index (κ3) is 4.65. The number of amides is 1. The minimum atomic E-state index is 0.0381. The van der Waals surface area contributed by atoms with Gasteiger partial charge >= 0.3 is 0 Å². The van der Waals surface area contributed by atoms with Crippen molar-refractivity contribution in [2.45, 2.75) is 38.0 Å². The van der Waals surface area contributed by atoms with Gasteiger partial charge < -0.3 is 14.8 Å². The van der Waals surface area contributed by atoms with Crippen LogP contribution in [0.4, 0.5) is 0 Å². The van der Waals surface area contributed by atoms with Gasteiger partial charge in [-0.2, -0.15) is 5.10 Å². The van der Waals surface area contributed by atoms with E-state index in [1.54, 1.807) is 14.2 Å². The van der Waals surface area contributed by atoms with Gasteiger partial charge in [-0.15, -0.1) is 0 Å². The molecule has 31 heavy (non-hydrogen) atoms. The molecule has 1 aliphatic rings. The van der Waals surface area contributed by atoms with Crippen molar-refractivity contribution in [3.8, 4) is 11.5 Å². The lowest BCUT2D eigenvalue weighted by atomic mass is 9.80. The first-order valence-electron chi connectivity index (χ1n) is 10.8. The normalized spacial score (nSPS) is 18.7. The van der Waals surface area contributed by atoms with Crippen LogP contribution in [0.2, 0.25) is 0 Å². The zero-order valence-electron chi connectivity index (χ0n) is 18.4. The molecule has 7 heteroatoms. The van der Waals surface area contributed by atoms with Gasteiger partial charge in [-0.3, -0.25) is 9.48 Å². The summed E-state index contributed by atoms with van der Waals surface area (Å²) in [5.74, 6) is 2.32. The first-order chi connectivity index (χ1) is 15.1. The highest BCUT2D eigenvalue weighted by atomic mass is 16.5. The molecule has 0 aliphatic heterocycles. The van der Waals surface area contributed by atoms with Crippen LogP contribution in [0.5, 0.6) is 11.5 Å². The molecule has 0 bridgehead atoms. The van der Waals surface area contributed by atoms with Gasteiger partial charge in [-0.05, 0) is 61.4 Å². The zero-order chi connectivity index (χ0) is 21.8. The fourth-order valence-corrected chi connectivity index (χ4v) is 4.56. The zero-order valence-corrected chi connectivity index (χ0v) is 18.4. The number of nitrogens with zero attached hydrogens (tertiary/aromatic N) is 3. The van der Waals surface area contributed by atoms with Crippen LogP contribution in [-0.4, -0.2) is 41.4 Å². The Morgan fingerprint density at radius 1 is 1.13 bits per heavy atom. The Labute approximate surface area is 182 Å². The van der Waals surface area contributed by atoms with Gasteiger partial charge in [0.25, 0.3) is 0 Å². The van der Waals surface area contributed by atoms with Crippen molar-refractivity contribution in [1.29, 1.82) is 0 Å². The molecule has 0 atom stereocenters. The topological polar surface area (TPSA) is 78.3 Å². The largest absolute Gasteiger partial charge is 0.493 e. The van der Waals surface area contributed by atoms with E-state index in [4.69, 9.17) is 14.6 Å². The molecule has 0 spiro atoms. The molecule has 0 unspecified atom stereocenters. The number of rotatable bonds is 7. The average Bonchev–Trinajstić information content (AvgIpc) is 3.14. The van der Waals surface area contributed by atoms with E-state index in [1.807, 2.05) is 42.2 Å². The predicted molar refractivity (Wildman–Crippen MR) is 119 cm³/mol. The molecular formula is C24H30N4O3. The summed E-state index contributed by atoms with van der Waals surface area (Å²) in [4.78, 5) is 16.9. The van der Waals surface area contributed by atoms with E-state index in [9.17, 15) is 4.79 Å². The Hall–Kier alpha value is -3.09. The molecule has 1 aromatic carbocycles. The van der Waals surface area contributed by atoms with Crippen molar-refractivity contribution >= 4 is 16.9 Å². The van der Waals surface area contributed by atoms with Gasteiger partial charge in [0, 0.05) is 31.1 Å². The van der Waals surface area contributed by atoms with E-state index >= 15 is 0 Å². The molecule has 0 saturated heterocycles. The number of pyridine rings is 1. The lowest BCUT2D eigenvalue weighted by Crippen LogP contribution is -2.32. The summed E-state index contributed by atoms with van der Waals surface area (Å²) >= 11 is 0. The SMILES string of the molecule is COc1ccc(CC(=O)NCC2CCC(c3nn(C)c4ncccc34)CC2)cc1OC. The number of aryl methyl sites for hydroxylation is 1. The second-order valence-electron chi connectivity index (χ2n) is 8.27. The van der Waals surface area contributed by atoms with E-state index < -0.39 is 0 Å². The van der Waals surface area contributed by atoms with E-state index in [2.05, 4.69) is 16.4 Å². The average molecular weight is 423 g/mol. The molecule has 1 fully saturated rings. The highest BCUT2D eigenvalue weighted by Gasteiger charge is 2.26. The molecule has 4 rings (SSSR count). The van der Waals surface area contributed by atoms with Gasteiger partial charge in [0.2, 0.25) is 5.91 Å². The Morgan fingerprint density at radius 3 is 2.65 bits per heavy atom. The monoisotopic (exact) mass is 422 g/mol. The van der Waals surface area contributed by atoms with Crippen molar-refractivity contribution in [3.63, 3.8) is 0 Å². The van der Waals surface area contributed by atoms with Gasteiger partial charge in [0.1, 0.15) is 0 Å². The molecule has 1 N–H and O–H groups in total. The minimum Gasteiger partial charge on any atom is -0.493 e. The molecule has 0 radical (unpaired) electrons. The second-order valence-corrected chi connectivity index (χ2v) is 8.27. The molecule has 1 amide bonds. The smallest absolute Gasteiger partial charge is 0.224 e. The molecule has 3 aromatic rings. The Kier molecular flexibility index (Phi) is 6.39. The maximum atomic E-state index is 12.4. The van der Waals surface area contributed by atoms with Crippen molar-refractivity contribution < 1.29 is 14.3 Å². The number of nitrogens with one attached hydrogen (secondary N) is 1. The lowest BCUT2D eigenvalue weighted by Gasteiger charge is -2.27. The Bertz CT molecular complexity index is 1050. The van der Waals surface area contributed by atoms with Crippen LogP contribution in [0.25, 0.3) is 11.0 Å². The first kappa shape index (κ1) is 21.2. The molecule has 164 valence electrons. The summed E-state index contributed by atoms with van der Waals surface area (Å²) in [7, 11) is 5.16. The summed E-state index contributed by atoms with van der Waals surface area (Å²) < 4.78 is 12.5. The molecule has 2 heterocycles. The van der Waals surface area contributed by atoms with Gasteiger partial charge in [-0.1, -0.05) is 6.07 Å². The van der Waals surface area contributed by atoms with Gasteiger partial charge in [-0.25, -0.2) is 4.98 Å². The number of carbonyl (C=O) groups excluding carboxylic acids is 1. The van der Waals surface area contributed by atoms with Crippen molar-refractivity contribution in [1.82, 2.24) is 20.1 Å². The number of ether oxygens (including phenoxy) is 2. The standard InChI is InChI=1S/C24H30N4O3/c1-28-24-19(5-4-12-25-24)23(27-28)18-9-6-16(7-10-18)15-26-22(29)14-17-8-11-20(30-2)21(13-17)31-3/h4-5,8,11-13,16,18H,6-7,9-10,14-15H2,1-3H3,(H,26,29). The van der Waals surface area contributed by atoms with E-state index in [0.717, 1.165) is 48.8 Å². The number of methoxy groups -OCH3 is 2. The van der Waals surface area contributed by atoms with Crippen molar-refractivity contribution in [2.24, 2.45) is 13.0 Å². The van der Waals surface area contributed by atoms with E-state index in [0.29, 0.717) is 29.8 Å². The van der Waals surface area contributed by atoms with Crippen molar-refractivity contribution in [3.05, 3.63) is 47.8 Å². The third-order valence-electron chi connectivity index (χ3n) is 6.26. The molecule has 7 nitrogen and oxygen atoms in total. The summed E-state index contributed by atoms with van der Waals surface area (Å²) in [5.41, 5.74) is 3.03. The van der Waals surface area contributed by atoms with Gasteiger partial charge in [0.05, 0.1) is 26.3 Å². The van der Waals surface area contributed by atoms with E-state index in [-0.39, 0.29) is 5.91 Å². The lowest BCUT2D eigenvalue weighted by molar-refractivity contribution is -0.120. The van der Waals surface area contributed by atoms with Crippen LogP contribution in [0, 0.1) is 5.92 Å². The maximum Gasteiger partial charge on any atom is 0.224 e. The number of hydrogen-bond donors (Lipinski definition) is 1. The van der Waals surface area contributed by atoms with Gasteiger partial charge in [0.15, 0.2) is 17.1 Å². The third-order valence-corrected chi connectivity index (χ3v) is 6.26.